The molecule has 0 fully saturated rings. The highest BCUT2D eigenvalue weighted by Crippen LogP contribution is 2.09. The van der Waals surface area contributed by atoms with Crippen LogP contribution in [0, 0.1) is 0 Å². The van der Waals surface area contributed by atoms with Crippen molar-refractivity contribution in [3.63, 3.8) is 0 Å². The molecule has 1 aromatic heterocycles. The van der Waals surface area contributed by atoms with E-state index >= 15 is 0 Å². The molecule has 0 bridgehead atoms. The molecule has 96 valence electrons. The van der Waals surface area contributed by atoms with Gasteiger partial charge in [-0.15, -0.1) is 0 Å². The SMILES string of the molecule is CC(N)C(C)Nc1cnn(Cc2ccccc2)c1. The fourth-order valence-corrected chi connectivity index (χ4v) is 1.69. The first kappa shape index (κ1) is 12.6. The van der Waals surface area contributed by atoms with Crippen LogP contribution in [-0.4, -0.2) is 21.9 Å². The van der Waals surface area contributed by atoms with Gasteiger partial charge in [0.25, 0.3) is 0 Å². The number of benzene rings is 1. The minimum atomic E-state index is 0.113. The van der Waals surface area contributed by atoms with Crippen LogP contribution in [0.1, 0.15) is 19.4 Å². The highest BCUT2D eigenvalue weighted by atomic mass is 15.3. The molecule has 0 aliphatic rings. The Bertz CT molecular complexity index is 476. The predicted octanol–water partition coefficient (Wildman–Crippen LogP) is 2.08. The number of hydrogen-bond donors (Lipinski definition) is 2. The monoisotopic (exact) mass is 244 g/mol. The lowest BCUT2D eigenvalue weighted by Gasteiger charge is -2.16. The molecule has 1 aromatic carbocycles. The lowest BCUT2D eigenvalue weighted by atomic mass is 10.2. The summed E-state index contributed by atoms with van der Waals surface area (Å²) in [5.74, 6) is 0. The van der Waals surface area contributed by atoms with Crippen molar-refractivity contribution in [2.24, 2.45) is 5.73 Å². The second kappa shape index (κ2) is 5.69. The maximum atomic E-state index is 5.82. The van der Waals surface area contributed by atoms with E-state index in [1.54, 1.807) is 0 Å². The average Bonchev–Trinajstić information content (AvgIpc) is 2.77. The van der Waals surface area contributed by atoms with Crippen LogP contribution in [0.15, 0.2) is 42.7 Å². The summed E-state index contributed by atoms with van der Waals surface area (Å²) in [7, 11) is 0. The Labute approximate surface area is 108 Å². The fourth-order valence-electron chi connectivity index (χ4n) is 1.69. The van der Waals surface area contributed by atoms with Crippen LogP contribution in [0.4, 0.5) is 5.69 Å². The molecule has 1 heterocycles. The lowest BCUT2D eigenvalue weighted by molar-refractivity contribution is 0.638. The maximum absolute atomic E-state index is 5.82. The zero-order chi connectivity index (χ0) is 13.0. The van der Waals surface area contributed by atoms with Gasteiger partial charge in [-0.05, 0) is 19.4 Å². The first-order chi connectivity index (χ1) is 8.65. The second-order valence-electron chi connectivity index (χ2n) is 4.70. The Morgan fingerprint density at radius 2 is 2.00 bits per heavy atom. The summed E-state index contributed by atoms with van der Waals surface area (Å²) in [4.78, 5) is 0. The van der Waals surface area contributed by atoms with Crippen molar-refractivity contribution < 1.29 is 0 Å². The molecule has 4 heteroatoms. The number of aromatic nitrogens is 2. The Balaban J connectivity index is 1.98. The van der Waals surface area contributed by atoms with E-state index in [9.17, 15) is 0 Å². The first-order valence-electron chi connectivity index (χ1n) is 6.23. The summed E-state index contributed by atoms with van der Waals surface area (Å²) < 4.78 is 1.92. The topological polar surface area (TPSA) is 55.9 Å². The molecule has 2 aromatic rings. The van der Waals surface area contributed by atoms with Crippen molar-refractivity contribution in [3.05, 3.63) is 48.3 Å². The van der Waals surface area contributed by atoms with Gasteiger partial charge in [0.15, 0.2) is 0 Å². The molecule has 2 atom stereocenters. The average molecular weight is 244 g/mol. The quantitative estimate of drug-likeness (QED) is 0.846. The summed E-state index contributed by atoms with van der Waals surface area (Å²) >= 11 is 0. The Morgan fingerprint density at radius 1 is 1.28 bits per heavy atom. The number of nitrogens with one attached hydrogen (secondary N) is 1. The van der Waals surface area contributed by atoms with E-state index < -0.39 is 0 Å². The maximum Gasteiger partial charge on any atom is 0.0729 e. The second-order valence-corrected chi connectivity index (χ2v) is 4.70. The minimum Gasteiger partial charge on any atom is -0.379 e. The van der Waals surface area contributed by atoms with Crippen molar-refractivity contribution in [3.8, 4) is 0 Å². The number of nitrogens with zero attached hydrogens (tertiary/aromatic N) is 2. The molecule has 0 aliphatic carbocycles. The van der Waals surface area contributed by atoms with Gasteiger partial charge in [-0.3, -0.25) is 4.68 Å². The van der Waals surface area contributed by atoms with Crippen LogP contribution < -0.4 is 11.1 Å². The highest BCUT2D eigenvalue weighted by Gasteiger charge is 2.08. The summed E-state index contributed by atoms with van der Waals surface area (Å²) in [6.45, 7) is 4.85. The van der Waals surface area contributed by atoms with Crippen molar-refractivity contribution in [2.75, 3.05) is 5.32 Å². The van der Waals surface area contributed by atoms with Gasteiger partial charge in [-0.25, -0.2) is 0 Å². The van der Waals surface area contributed by atoms with Crippen LogP contribution in [-0.2, 0) is 6.54 Å². The van der Waals surface area contributed by atoms with Crippen LogP contribution in [0.25, 0.3) is 0 Å². The van der Waals surface area contributed by atoms with Gasteiger partial charge >= 0.3 is 0 Å². The third kappa shape index (κ3) is 3.34. The standard InChI is InChI=1S/C14H20N4/c1-11(15)12(2)17-14-8-16-18(10-14)9-13-6-4-3-5-7-13/h3-8,10-12,17H,9,15H2,1-2H3. The summed E-state index contributed by atoms with van der Waals surface area (Å²) in [6, 6.07) is 10.6. The molecule has 2 rings (SSSR count). The number of anilines is 1. The first-order valence-corrected chi connectivity index (χ1v) is 6.23. The summed E-state index contributed by atoms with van der Waals surface area (Å²) in [5.41, 5.74) is 8.08. The largest absolute Gasteiger partial charge is 0.379 e. The minimum absolute atomic E-state index is 0.113. The molecule has 0 saturated heterocycles. The van der Waals surface area contributed by atoms with E-state index in [1.165, 1.54) is 5.56 Å². The zero-order valence-corrected chi connectivity index (χ0v) is 10.9. The predicted molar refractivity (Wildman–Crippen MR) is 74.5 cm³/mol. The Kier molecular flexibility index (Phi) is 3.99. The van der Waals surface area contributed by atoms with E-state index in [0.29, 0.717) is 0 Å². The van der Waals surface area contributed by atoms with E-state index in [-0.39, 0.29) is 12.1 Å². The van der Waals surface area contributed by atoms with Gasteiger partial charge in [0, 0.05) is 18.3 Å². The van der Waals surface area contributed by atoms with Gasteiger partial charge in [0.05, 0.1) is 18.4 Å². The molecule has 0 saturated carbocycles. The lowest BCUT2D eigenvalue weighted by Crippen LogP contribution is -2.35. The smallest absolute Gasteiger partial charge is 0.0729 e. The summed E-state index contributed by atoms with van der Waals surface area (Å²) in [6.07, 6.45) is 3.84. The van der Waals surface area contributed by atoms with Crippen LogP contribution in [0.5, 0.6) is 0 Å². The van der Waals surface area contributed by atoms with Crippen LogP contribution in [0.2, 0.25) is 0 Å². The van der Waals surface area contributed by atoms with Crippen molar-refractivity contribution in [2.45, 2.75) is 32.5 Å². The third-order valence-electron chi connectivity index (χ3n) is 3.00. The fraction of sp³-hybridized carbons (Fsp3) is 0.357. The third-order valence-corrected chi connectivity index (χ3v) is 3.00. The molecule has 0 amide bonds. The van der Waals surface area contributed by atoms with E-state index in [2.05, 4.69) is 29.5 Å². The van der Waals surface area contributed by atoms with Gasteiger partial charge in [0.1, 0.15) is 0 Å². The Hall–Kier alpha value is -1.81. The zero-order valence-electron chi connectivity index (χ0n) is 10.9. The summed E-state index contributed by atoms with van der Waals surface area (Å²) in [5, 5.41) is 7.68. The number of hydrogen-bond acceptors (Lipinski definition) is 3. The van der Waals surface area contributed by atoms with Crippen molar-refractivity contribution in [1.82, 2.24) is 9.78 Å². The Morgan fingerprint density at radius 3 is 2.67 bits per heavy atom. The molecule has 18 heavy (non-hydrogen) atoms. The van der Waals surface area contributed by atoms with E-state index in [4.69, 9.17) is 5.73 Å². The van der Waals surface area contributed by atoms with E-state index in [1.807, 2.05) is 42.2 Å². The van der Waals surface area contributed by atoms with Gasteiger partial charge in [-0.1, -0.05) is 30.3 Å². The normalized spacial score (nSPS) is 14.2. The van der Waals surface area contributed by atoms with Gasteiger partial charge in [0.2, 0.25) is 0 Å². The molecule has 4 nitrogen and oxygen atoms in total. The molecule has 3 N–H and O–H groups in total. The number of nitrogens with two attached hydrogens (primary N) is 1. The van der Waals surface area contributed by atoms with Crippen LogP contribution >= 0.6 is 0 Å². The van der Waals surface area contributed by atoms with E-state index in [0.717, 1.165) is 12.2 Å². The van der Waals surface area contributed by atoms with Crippen LogP contribution in [0.3, 0.4) is 0 Å². The van der Waals surface area contributed by atoms with Gasteiger partial charge < -0.3 is 11.1 Å². The molecular formula is C14H20N4. The molecule has 0 spiro atoms. The molecule has 2 unspecified atom stereocenters. The molecule has 0 radical (unpaired) electrons. The van der Waals surface area contributed by atoms with Crippen molar-refractivity contribution in [1.29, 1.82) is 0 Å². The molecular weight excluding hydrogens is 224 g/mol. The van der Waals surface area contributed by atoms with Gasteiger partial charge in [-0.2, -0.15) is 5.10 Å². The molecule has 0 aliphatic heterocycles. The highest BCUT2D eigenvalue weighted by molar-refractivity contribution is 5.39. The van der Waals surface area contributed by atoms with Crippen molar-refractivity contribution >= 4 is 5.69 Å². The number of rotatable bonds is 5.